The lowest BCUT2D eigenvalue weighted by Gasteiger charge is -2.36. The maximum Gasteiger partial charge on any atom is 0.281 e. The summed E-state index contributed by atoms with van der Waals surface area (Å²) in [6, 6.07) is 0.0778. The number of likely N-dealkylation sites (N-methyl/N-ethyl adjacent to an activating group) is 2. The second-order valence-corrected chi connectivity index (χ2v) is 7.14. The van der Waals surface area contributed by atoms with Gasteiger partial charge in [-0.05, 0) is 39.4 Å². The molecule has 2 N–H and O–H groups in total. The van der Waals surface area contributed by atoms with Crippen LogP contribution < -0.4 is 5.73 Å². The van der Waals surface area contributed by atoms with E-state index in [1.54, 1.807) is 14.1 Å². The van der Waals surface area contributed by atoms with Gasteiger partial charge in [0, 0.05) is 33.2 Å². The first-order valence-electron chi connectivity index (χ1n) is 6.47. The number of hydrogen-bond acceptors (Lipinski definition) is 4. The van der Waals surface area contributed by atoms with Gasteiger partial charge >= 0.3 is 0 Å². The average Bonchev–Trinajstić information content (AvgIpc) is 2.34. The zero-order chi connectivity index (χ0) is 13.8. The van der Waals surface area contributed by atoms with Crippen LogP contribution in [0, 0.1) is 0 Å². The molecule has 1 fully saturated rings. The molecule has 7 heteroatoms. The molecule has 1 unspecified atom stereocenters. The Balaban J connectivity index is 2.65. The Labute approximate surface area is 111 Å². The molecule has 1 saturated heterocycles. The summed E-state index contributed by atoms with van der Waals surface area (Å²) in [5.74, 6) is 0. The fraction of sp³-hybridized carbons (Fsp3) is 1.00. The number of likely N-dealkylation sites (tertiary alicyclic amines) is 1. The van der Waals surface area contributed by atoms with E-state index in [1.807, 2.05) is 7.05 Å². The molecule has 1 rings (SSSR count). The predicted octanol–water partition coefficient (Wildman–Crippen LogP) is -0.462. The number of piperidine rings is 1. The molecule has 0 aromatic heterocycles. The van der Waals surface area contributed by atoms with Crippen LogP contribution in [-0.2, 0) is 10.2 Å². The number of hydrogen-bond donors (Lipinski definition) is 1. The van der Waals surface area contributed by atoms with Crippen molar-refractivity contribution in [3.8, 4) is 0 Å². The largest absolute Gasteiger partial charge is 0.330 e. The van der Waals surface area contributed by atoms with Crippen molar-refractivity contribution < 1.29 is 8.42 Å². The Morgan fingerprint density at radius 1 is 1.39 bits per heavy atom. The molecule has 108 valence electrons. The topological polar surface area (TPSA) is 69.9 Å². The van der Waals surface area contributed by atoms with Crippen LogP contribution in [0.3, 0.4) is 0 Å². The van der Waals surface area contributed by atoms with Crippen LogP contribution in [0.15, 0.2) is 0 Å². The zero-order valence-electron chi connectivity index (χ0n) is 11.7. The summed E-state index contributed by atoms with van der Waals surface area (Å²) >= 11 is 0. The normalized spacial score (nSPS) is 22.9. The molecule has 0 spiro atoms. The summed E-state index contributed by atoms with van der Waals surface area (Å²) in [7, 11) is 1.98. The molecule has 1 aliphatic rings. The Morgan fingerprint density at radius 3 is 2.61 bits per heavy atom. The minimum absolute atomic E-state index is 0.0778. The van der Waals surface area contributed by atoms with Crippen LogP contribution in [0.1, 0.15) is 19.3 Å². The van der Waals surface area contributed by atoms with Crippen LogP contribution in [0.2, 0.25) is 0 Å². The van der Waals surface area contributed by atoms with Crippen LogP contribution >= 0.6 is 0 Å². The highest BCUT2D eigenvalue weighted by Crippen LogP contribution is 2.17. The van der Waals surface area contributed by atoms with Gasteiger partial charge in [0.15, 0.2) is 0 Å². The SMILES string of the molecule is CN1CCCC(N(C)S(=O)(=O)N(C)CCCN)C1. The van der Waals surface area contributed by atoms with Crippen molar-refractivity contribution in [1.29, 1.82) is 0 Å². The Morgan fingerprint density at radius 2 is 2.06 bits per heavy atom. The summed E-state index contributed by atoms with van der Waals surface area (Å²) < 4.78 is 27.6. The van der Waals surface area contributed by atoms with E-state index < -0.39 is 10.2 Å². The van der Waals surface area contributed by atoms with Crippen molar-refractivity contribution in [1.82, 2.24) is 13.5 Å². The molecular formula is C11H26N4O2S. The van der Waals surface area contributed by atoms with E-state index in [2.05, 4.69) is 4.90 Å². The van der Waals surface area contributed by atoms with Crippen molar-refractivity contribution in [2.75, 3.05) is 47.3 Å². The van der Waals surface area contributed by atoms with E-state index >= 15 is 0 Å². The predicted molar refractivity (Wildman–Crippen MR) is 73.5 cm³/mol. The highest BCUT2D eigenvalue weighted by Gasteiger charge is 2.31. The molecule has 0 amide bonds. The summed E-state index contributed by atoms with van der Waals surface area (Å²) in [4.78, 5) is 2.18. The summed E-state index contributed by atoms with van der Waals surface area (Å²) in [5, 5.41) is 0. The molecule has 0 aromatic rings. The van der Waals surface area contributed by atoms with E-state index in [4.69, 9.17) is 5.73 Å². The lowest BCUT2D eigenvalue weighted by atomic mass is 10.1. The standard InChI is InChI=1S/C11H26N4O2S/c1-13-8-4-6-11(10-13)15(3)18(16,17)14(2)9-5-7-12/h11H,4-10,12H2,1-3H3. The third-order valence-electron chi connectivity index (χ3n) is 3.55. The van der Waals surface area contributed by atoms with E-state index in [0.29, 0.717) is 19.5 Å². The van der Waals surface area contributed by atoms with Crippen LogP contribution in [0.4, 0.5) is 0 Å². The number of nitrogens with two attached hydrogens (primary N) is 1. The molecule has 0 saturated carbocycles. The molecule has 0 radical (unpaired) electrons. The monoisotopic (exact) mass is 278 g/mol. The van der Waals surface area contributed by atoms with E-state index in [0.717, 1.165) is 25.9 Å². The van der Waals surface area contributed by atoms with Gasteiger partial charge < -0.3 is 10.6 Å². The Kier molecular flexibility index (Phi) is 6.00. The lowest BCUT2D eigenvalue weighted by Crippen LogP contribution is -2.51. The fourth-order valence-electron chi connectivity index (χ4n) is 2.27. The first-order chi connectivity index (χ1) is 8.39. The summed E-state index contributed by atoms with van der Waals surface area (Å²) in [5.41, 5.74) is 5.42. The molecule has 0 aromatic carbocycles. The third kappa shape index (κ3) is 3.89. The smallest absolute Gasteiger partial charge is 0.281 e. The van der Waals surface area contributed by atoms with Crippen LogP contribution in [0.25, 0.3) is 0 Å². The first kappa shape index (κ1) is 15.8. The molecule has 0 aliphatic carbocycles. The summed E-state index contributed by atoms with van der Waals surface area (Å²) in [6.45, 7) is 2.84. The van der Waals surface area contributed by atoms with Crippen molar-refractivity contribution in [2.24, 2.45) is 5.73 Å². The number of nitrogens with zero attached hydrogens (tertiary/aromatic N) is 3. The minimum Gasteiger partial charge on any atom is -0.330 e. The molecule has 0 bridgehead atoms. The van der Waals surface area contributed by atoms with E-state index in [9.17, 15) is 8.42 Å². The molecule has 6 nitrogen and oxygen atoms in total. The molecule has 18 heavy (non-hydrogen) atoms. The van der Waals surface area contributed by atoms with Crippen molar-refractivity contribution in [3.63, 3.8) is 0 Å². The van der Waals surface area contributed by atoms with Gasteiger partial charge in [0.25, 0.3) is 10.2 Å². The third-order valence-corrected chi connectivity index (χ3v) is 5.55. The average molecular weight is 278 g/mol. The van der Waals surface area contributed by atoms with Gasteiger partial charge in [-0.25, -0.2) is 0 Å². The second kappa shape index (κ2) is 6.81. The van der Waals surface area contributed by atoms with E-state index in [-0.39, 0.29) is 6.04 Å². The first-order valence-corrected chi connectivity index (χ1v) is 7.87. The van der Waals surface area contributed by atoms with Crippen molar-refractivity contribution in [2.45, 2.75) is 25.3 Å². The van der Waals surface area contributed by atoms with Crippen LogP contribution in [-0.4, -0.2) is 75.3 Å². The van der Waals surface area contributed by atoms with E-state index in [1.165, 1.54) is 8.61 Å². The van der Waals surface area contributed by atoms with Gasteiger partial charge in [-0.15, -0.1) is 0 Å². The summed E-state index contributed by atoms with van der Waals surface area (Å²) in [6.07, 6.45) is 2.67. The quantitative estimate of drug-likeness (QED) is 0.714. The Hall–Kier alpha value is -0.210. The van der Waals surface area contributed by atoms with Crippen LogP contribution in [0.5, 0.6) is 0 Å². The van der Waals surface area contributed by atoms with Crippen molar-refractivity contribution in [3.05, 3.63) is 0 Å². The van der Waals surface area contributed by atoms with Gasteiger partial charge in [0.2, 0.25) is 0 Å². The maximum absolute atomic E-state index is 12.3. The van der Waals surface area contributed by atoms with Gasteiger partial charge in [-0.3, -0.25) is 0 Å². The van der Waals surface area contributed by atoms with Gasteiger partial charge in [0.05, 0.1) is 0 Å². The highest BCUT2D eigenvalue weighted by molar-refractivity contribution is 7.86. The zero-order valence-corrected chi connectivity index (χ0v) is 12.5. The van der Waals surface area contributed by atoms with Gasteiger partial charge in [0.1, 0.15) is 0 Å². The second-order valence-electron chi connectivity index (χ2n) is 5.05. The minimum atomic E-state index is -3.35. The maximum atomic E-state index is 12.3. The lowest BCUT2D eigenvalue weighted by molar-refractivity contribution is 0.182. The fourth-order valence-corrected chi connectivity index (χ4v) is 3.62. The molecular weight excluding hydrogens is 252 g/mol. The number of rotatable bonds is 6. The molecule has 1 aliphatic heterocycles. The van der Waals surface area contributed by atoms with Gasteiger partial charge in [-0.1, -0.05) is 0 Å². The Bertz CT molecular complexity index is 347. The molecule has 1 heterocycles. The van der Waals surface area contributed by atoms with Crippen molar-refractivity contribution >= 4 is 10.2 Å². The van der Waals surface area contributed by atoms with Gasteiger partial charge in [-0.2, -0.15) is 17.0 Å². The highest BCUT2D eigenvalue weighted by atomic mass is 32.2. The molecule has 1 atom stereocenters.